The topological polar surface area (TPSA) is 12.0 Å². The van der Waals surface area contributed by atoms with Crippen LogP contribution in [0.15, 0.2) is 24.4 Å². The molecule has 1 aromatic carbocycles. The van der Waals surface area contributed by atoms with Crippen LogP contribution in [0, 0.1) is 5.82 Å². The molecule has 1 aromatic rings. The van der Waals surface area contributed by atoms with Crippen LogP contribution in [0.4, 0.5) is 10.1 Å². The van der Waals surface area contributed by atoms with Crippen LogP contribution in [0.5, 0.6) is 0 Å². The molecule has 1 nitrogen and oxygen atoms in total. The van der Waals surface area contributed by atoms with E-state index in [0.29, 0.717) is 0 Å². The molecule has 94 valence electrons. The first-order valence-corrected chi connectivity index (χ1v) is 6.08. The molecule has 0 saturated heterocycles. The second kappa shape index (κ2) is 5.35. The van der Waals surface area contributed by atoms with Gasteiger partial charge in [-0.25, -0.2) is 4.39 Å². The van der Waals surface area contributed by atoms with E-state index in [2.05, 4.69) is 39.6 Å². The SMILES string of the molecule is C=C(C)Nc1c(C(C)C)cc(F)cc1C(C)C. The van der Waals surface area contributed by atoms with Crippen LogP contribution in [0.1, 0.15) is 57.6 Å². The lowest BCUT2D eigenvalue weighted by atomic mass is 9.92. The molecule has 0 aromatic heterocycles. The number of benzene rings is 1. The molecular weight excluding hydrogens is 213 g/mol. The van der Waals surface area contributed by atoms with Crippen LogP contribution in [-0.2, 0) is 0 Å². The maximum Gasteiger partial charge on any atom is 0.123 e. The van der Waals surface area contributed by atoms with Crippen LogP contribution in [0.25, 0.3) is 0 Å². The zero-order valence-corrected chi connectivity index (χ0v) is 11.4. The van der Waals surface area contributed by atoms with Crippen molar-refractivity contribution in [3.05, 3.63) is 41.4 Å². The third-order valence-electron chi connectivity index (χ3n) is 2.75. The van der Waals surface area contributed by atoms with Gasteiger partial charge in [-0.1, -0.05) is 34.3 Å². The number of hydrogen-bond acceptors (Lipinski definition) is 1. The lowest BCUT2D eigenvalue weighted by Crippen LogP contribution is -2.06. The summed E-state index contributed by atoms with van der Waals surface area (Å²) in [6.07, 6.45) is 0. The minimum absolute atomic E-state index is 0.162. The van der Waals surface area contributed by atoms with Crippen molar-refractivity contribution in [2.45, 2.75) is 46.5 Å². The Labute approximate surface area is 104 Å². The molecule has 17 heavy (non-hydrogen) atoms. The number of allylic oxidation sites excluding steroid dienone is 1. The highest BCUT2D eigenvalue weighted by Gasteiger charge is 2.15. The van der Waals surface area contributed by atoms with Crippen molar-refractivity contribution in [3.8, 4) is 0 Å². The van der Waals surface area contributed by atoms with Gasteiger partial charge in [0, 0.05) is 11.4 Å². The maximum atomic E-state index is 13.6. The summed E-state index contributed by atoms with van der Waals surface area (Å²) in [5.74, 6) is 0.403. The normalized spacial score (nSPS) is 11.1. The molecule has 0 radical (unpaired) electrons. The monoisotopic (exact) mass is 235 g/mol. The Kier molecular flexibility index (Phi) is 4.33. The van der Waals surface area contributed by atoms with E-state index in [9.17, 15) is 4.39 Å². The van der Waals surface area contributed by atoms with Crippen molar-refractivity contribution >= 4 is 5.69 Å². The van der Waals surface area contributed by atoms with E-state index in [0.717, 1.165) is 22.5 Å². The van der Waals surface area contributed by atoms with Gasteiger partial charge in [-0.3, -0.25) is 0 Å². The van der Waals surface area contributed by atoms with E-state index in [1.807, 2.05) is 6.92 Å². The van der Waals surface area contributed by atoms with Crippen molar-refractivity contribution in [2.24, 2.45) is 0 Å². The Morgan fingerprint density at radius 2 is 1.53 bits per heavy atom. The summed E-state index contributed by atoms with van der Waals surface area (Å²) in [6.45, 7) is 14.1. The van der Waals surface area contributed by atoms with E-state index in [1.54, 1.807) is 12.1 Å². The predicted octanol–water partition coefficient (Wildman–Crippen LogP) is 5.02. The lowest BCUT2D eigenvalue weighted by molar-refractivity contribution is 0.619. The molecule has 0 aliphatic carbocycles. The zero-order valence-electron chi connectivity index (χ0n) is 11.4. The highest BCUT2D eigenvalue weighted by Crippen LogP contribution is 2.34. The van der Waals surface area contributed by atoms with Crippen LogP contribution >= 0.6 is 0 Å². The molecule has 0 unspecified atom stereocenters. The molecule has 2 heteroatoms. The summed E-state index contributed by atoms with van der Waals surface area (Å²) < 4.78 is 13.6. The molecule has 0 atom stereocenters. The third kappa shape index (κ3) is 3.32. The van der Waals surface area contributed by atoms with Crippen molar-refractivity contribution < 1.29 is 4.39 Å². The van der Waals surface area contributed by atoms with Crippen LogP contribution in [0.2, 0.25) is 0 Å². The van der Waals surface area contributed by atoms with Crippen LogP contribution < -0.4 is 5.32 Å². The summed E-state index contributed by atoms with van der Waals surface area (Å²) >= 11 is 0. The standard InChI is InChI=1S/C15H22FN/c1-9(2)13-7-12(16)8-14(10(3)4)15(13)17-11(5)6/h7-10,17H,5H2,1-4,6H3. The van der Waals surface area contributed by atoms with Gasteiger partial charge < -0.3 is 5.32 Å². The van der Waals surface area contributed by atoms with E-state index < -0.39 is 0 Å². The Bertz CT molecular complexity index is 390. The van der Waals surface area contributed by atoms with Crippen LogP contribution in [0.3, 0.4) is 0 Å². The minimum atomic E-state index is -0.162. The fraction of sp³-hybridized carbons (Fsp3) is 0.467. The maximum absolute atomic E-state index is 13.6. The Balaban J connectivity index is 3.41. The number of hydrogen-bond donors (Lipinski definition) is 1. The second-order valence-electron chi connectivity index (χ2n) is 5.17. The number of nitrogens with one attached hydrogen (secondary N) is 1. The first-order valence-electron chi connectivity index (χ1n) is 6.08. The quantitative estimate of drug-likeness (QED) is 0.772. The van der Waals surface area contributed by atoms with Gasteiger partial charge in [0.15, 0.2) is 0 Å². The predicted molar refractivity (Wildman–Crippen MR) is 73.0 cm³/mol. The van der Waals surface area contributed by atoms with Crippen molar-refractivity contribution in [1.29, 1.82) is 0 Å². The van der Waals surface area contributed by atoms with Gasteiger partial charge in [0.2, 0.25) is 0 Å². The molecular formula is C15H22FN. The van der Waals surface area contributed by atoms with Gasteiger partial charge in [0.1, 0.15) is 5.82 Å². The smallest absolute Gasteiger partial charge is 0.123 e. The van der Waals surface area contributed by atoms with Gasteiger partial charge in [-0.2, -0.15) is 0 Å². The first kappa shape index (κ1) is 13.8. The largest absolute Gasteiger partial charge is 0.359 e. The molecule has 1 N–H and O–H groups in total. The van der Waals surface area contributed by atoms with Crippen LogP contribution in [-0.4, -0.2) is 0 Å². The Morgan fingerprint density at radius 1 is 1.12 bits per heavy atom. The lowest BCUT2D eigenvalue weighted by Gasteiger charge is -2.21. The molecule has 0 heterocycles. The minimum Gasteiger partial charge on any atom is -0.359 e. The molecule has 1 rings (SSSR count). The van der Waals surface area contributed by atoms with E-state index in [1.165, 1.54) is 0 Å². The van der Waals surface area contributed by atoms with Crippen molar-refractivity contribution in [2.75, 3.05) is 5.32 Å². The van der Waals surface area contributed by atoms with Gasteiger partial charge in [0.25, 0.3) is 0 Å². The van der Waals surface area contributed by atoms with Crippen molar-refractivity contribution in [1.82, 2.24) is 0 Å². The molecule has 0 aliphatic rings. The van der Waals surface area contributed by atoms with Gasteiger partial charge >= 0.3 is 0 Å². The zero-order chi connectivity index (χ0) is 13.2. The molecule has 0 amide bonds. The number of halogens is 1. The van der Waals surface area contributed by atoms with E-state index >= 15 is 0 Å². The first-order chi connectivity index (χ1) is 7.82. The van der Waals surface area contributed by atoms with Gasteiger partial charge in [0.05, 0.1) is 0 Å². The summed E-state index contributed by atoms with van der Waals surface area (Å²) in [5.41, 5.74) is 3.91. The molecule has 0 fully saturated rings. The summed E-state index contributed by atoms with van der Waals surface area (Å²) in [4.78, 5) is 0. The molecule has 0 aliphatic heterocycles. The Hall–Kier alpha value is -1.31. The summed E-state index contributed by atoms with van der Waals surface area (Å²) in [6, 6.07) is 3.23. The Morgan fingerprint density at radius 3 is 1.82 bits per heavy atom. The average molecular weight is 235 g/mol. The van der Waals surface area contributed by atoms with Crippen molar-refractivity contribution in [3.63, 3.8) is 0 Å². The number of anilines is 1. The van der Waals surface area contributed by atoms with Gasteiger partial charge in [-0.05, 0) is 42.0 Å². The highest BCUT2D eigenvalue weighted by atomic mass is 19.1. The molecule has 0 spiro atoms. The number of rotatable bonds is 4. The second-order valence-corrected chi connectivity index (χ2v) is 5.17. The van der Waals surface area contributed by atoms with Gasteiger partial charge in [-0.15, -0.1) is 0 Å². The van der Waals surface area contributed by atoms with E-state index in [-0.39, 0.29) is 17.7 Å². The summed E-state index contributed by atoms with van der Waals surface area (Å²) in [7, 11) is 0. The third-order valence-corrected chi connectivity index (χ3v) is 2.75. The fourth-order valence-corrected chi connectivity index (χ4v) is 1.92. The molecule has 0 saturated carbocycles. The average Bonchev–Trinajstić information content (AvgIpc) is 2.18. The molecule has 0 bridgehead atoms. The fourth-order valence-electron chi connectivity index (χ4n) is 1.92. The van der Waals surface area contributed by atoms with E-state index in [4.69, 9.17) is 0 Å². The highest BCUT2D eigenvalue weighted by molar-refractivity contribution is 5.62. The summed E-state index contributed by atoms with van der Waals surface area (Å²) in [5, 5.41) is 3.27.